The number of piperidine rings is 1. The molecule has 1 heterocycles. The maximum Gasteiger partial charge on any atom is 0.253 e. The third-order valence-corrected chi connectivity index (χ3v) is 6.07. The van der Waals surface area contributed by atoms with Gasteiger partial charge in [0, 0.05) is 44.5 Å². The summed E-state index contributed by atoms with van der Waals surface area (Å²) in [6.45, 7) is 2.87. The topological polar surface area (TPSA) is 70.7 Å². The smallest absolute Gasteiger partial charge is 0.253 e. The number of benzene rings is 1. The van der Waals surface area contributed by atoms with E-state index in [4.69, 9.17) is 4.74 Å². The molecule has 1 saturated carbocycles. The fraction of sp³-hybridized carbons (Fsp3) is 0.652. The Morgan fingerprint density at radius 1 is 1.10 bits per heavy atom. The van der Waals surface area contributed by atoms with Crippen LogP contribution < -0.4 is 15.5 Å². The molecule has 1 aromatic carbocycles. The van der Waals surface area contributed by atoms with Gasteiger partial charge in [0.25, 0.3) is 5.91 Å². The predicted molar refractivity (Wildman–Crippen MR) is 117 cm³/mol. The van der Waals surface area contributed by atoms with E-state index in [2.05, 4.69) is 15.5 Å². The first-order chi connectivity index (χ1) is 14.2. The van der Waals surface area contributed by atoms with Gasteiger partial charge in [-0.05, 0) is 49.8 Å². The van der Waals surface area contributed by atoms with Crippen molar-refractivity contribution < 1.29 is 14.3 Å². The number of anilines is 2. The van der Waals surface area contributed by atoms with E-state index in [1.54, 1.807) is 7.11 Å². The fourth-order valence-electron chi connectivity index (χ4n) is 4.43. The number of hydrogen-bond acceptors (Lipinski definition) is 4. The highest BCUT2D eigenvalue weighted by atomic mass is 16.5. The van der Waals surface area contributed by atoms with Gasteiger partial charge in [-0.3, -0.25) is 9.59 Å². The monoisotopic (exact) mass is 401 g/mol. The number of amides is 2. The van der Waals surface area contributed by atoms with Crippen molar-refractivity contribution in [2.45, 2.75) is 57.8 Å². The summed E-state index contributed by atoms with van der Waals surface area (Å²) in [5, 5.41) is 5.92. The third kappa shape index (κ3) is 6.46. The van der Waals surface area contributed by atoms with Gasteiger partial charge >= 0.3 is 0 Å². The number of ether oxygens (including phenoxy) is 1. The molecular formula is C23H35N3O3. The lowest BCUT2D eigenvalue weighted by Gasteiger charge is -2.30. The zero-order chi connectivity index (χ0) is 20.5. The number of carbonyl (C=O) groups is 2. The normalized spacial score (nSPS) is 17.3. The van der Waals surface area contributed by atoms with Crippen LogP contribution in [0, 0.1) is 5.92 Å². The van der Waals surface area contributed by atoms with E-state index in [0.29, 0.717) is 36.7 Å². The first-order valence-electron chi connectivity index (χ1n) is 11.1. The second-order valence-electron chi connectivity index (χ2n) is 8.27. The molecule has 6 nitrogen and oxygen atoms in total. The second kappa shape index (κ2) is 11.2. The average Bonchev–Trinajstić information content (AvgIpc) is 3.27. The van der Waals surface area contributed by atoms with Crippen LogP contribution in [0.15, 0.2) is 18.2 Å². The minimum Gasteiger partial charge on any atom is -0.383 e. The molecular weight excluding hydrogens is 366 g/mol. The lowest BCUT2D eigenvalue weighted by Crippen LogP contribution is -2.33. The molecule has 0 aromatic heterocycles. The summed E-state index contributed by atoms with van der Waals surface area (Å²) in [4.78, 5) is 27.5. The van der Waals surface area contributed by atoms with Crippen molar-refractivity contribution in [3.63, 3.8) is 0 Å². The zero-order valence-corrected chi connectivity index (χ0v) is 17.7. The van der Waals surface area contributed by atoms with E-state index in [-0.39, 0.29) is 11.8 Å². The first kappa shape index (κ1) is 21.6. The summed E-state index contributed by atoms with van der Waals surface area (Å²) < 4.78 is 5.04. The molecule has 2 aliphatic rings. The minimum atomic E-state index is -0.121. The van der Waals surface area contributed by atoms with Crippen LogP contribution in [0.5, 0.6) is 0 Å². The molecule has 1 aromatic rings. The van der Waals surface area contributed by atoms with Crippen molar-refractivity contribution in [2.75, 3.05) is 43.6 Å². The van der Waals surface area contributed by atoms with Crippen LogP contribution in [-0.2, 0) is 9.53 Å². The van der Waals surface area contributed by atoms with Crippen molar-refractivity contribution in [2.24, 2.45) is 5.92 Å². The Kier molecular flexibility index (Phi) is 8.35. The molecule has 2 amide bonds. The molecule has 1 aliphatic carbocycles. The Hall–Kier alpha value is -2.08. The molecule has 0 unspecified atom stereocenters. The number of nitrogens with zero attached hydrogens (tertiary/aromatic N) is 1. The number of methoxy groups -OCH3 is 1. The van der Waals surface area contributed by atoms with E-state index in [9.17, 15) is 9.59 Å². The maximum atomic E-state index is 12.8. The quantitative estimate of drug-likeness (QED) is 0.615. The van der Waals surface area contributed by atoms with Crippen LogP contribution in [-0.4, -0.2) is 45.2 Å². The molecule has 6 heteroatoms. The average molecular weight is 402 g/mol. The van der Waals surface area contributed by atoms with Crippen LogP contribution in [0.3, 0.4) is 0 Å². The van der Waals surface area contributed by atoms with Crippen molar-refractivity contribution in [1.82, 2.24) is 5.32 Å². The van der Waals surface area contributed by atoms with Gasteiger partial charge < -0.3 is 20.3 Å². The lowest BCUT2D eigenvalue weighted by atomic mass is 10.0. The molecule has 0 radical (unpaired) electrons. The third-order valence-electron chi connectivity index (χ3n) is 6.07. The van der Waals surface area contributed by atoms with Crippen LogP contribution in [0.25, 0.3) is 0 Å². The maximum absolute atomic E-state index is 12.8. The minimum absolute atomic E-state index is 0.0355. The molecule has 0 spiro atoms. The van der Waals surface area contributed by atoms with Crippen molar-refractivity contribution in [1.29, 1.82) is 0 Å². The molecule has 0 bridgehead atoms. The Morgan fingerprint density at radius 2 is 1.86 bits per heavy atom. The summed E-state index contributed by atoms with van der Waals surface area (Å²) in [6.07, 6.45) is 10.1. The molecule has 2 N–H and O–H groups in total. The highest BCUT2D eigenvalue weighted by molar-refractivity contribution is 6.02. The van der Waals surface area contributed by atoms with Crippen molar-refractivity contribution >= 4 is 23.2 Å². The number of carbonyl (C=O) groups excluding carboxylic acids is 2. The van der Waals surface area contributed by atoms with Gasteiger partial charge in [0.05, 0.1) is 12.2 Å². The van der Waals surface area contributed by atoms with Gasteiger partial charge in [0.15, 0.2) is 0 Å². The number of hydrogen-bond donors (Lipinski definition) is 2. The number of rotatable bonds is 9. The predicted octanol–water partition coefficient (Wildman–Crippen LogP) is 3.96. The van der Waals surface area contributed by atoms with Gasteiger partial charge in [-0.2, -0.15) is 0 Å². The summed E-state index contributed by atoms with van der Waals surface area (Å²) in [5.74, 6) is 0.613. The Labute approximate surface area is 174 Å². The highest BCUT2D eigenvalue weighted by Gasteiger charge is 2.20. The largest absolute Gasteiger partial charge is 0.383 e. The highest BCUT2D eigenvalue weighted by Crippen LogP contribution is 2.29. The SMILES string of the molecule is COCCNC(=O)c1cc(NC(=O)CCC2CCCC2)ccc1N1CCCCC1. The van der Waals surface area contributed by atoms with Gasteiger partial charge in [0.1, 0.15) is 0 Å². The summed E-state index contributed by atoms with van der Waals surface area (Å²) >= 11 is 0. The van der Waals surface area contributed by atoms with Crippen molar-refractivity contribution in [3.8, 4) is 0 Å². The summed E-state index contributed by atoms with van der Waals surface area (Å²) in [5.41, 5.74) is 2.26. The van der Waals surface area contributed by atoms with E-state index in [0.717, 1.165) is 38.0 Å². The van der Waals surface area contributed by atoms with Gasteiger partial charge in [0.2, 0.25) is 5.91 Å². The standard InChI is InChI=1S/C23H35N3O3/c1-29-16-13-24-23(28)20-17-19(10-11-21(20)26-14-5-2-6-15-26)25-22(27)12-9-18-7-3-4-8-18/h10-11,17-18H,2-9,12-16H2,1H3,(H,24,28)(H,25,27). The second-order valence-corrected chi connectivity index (χ2v) is 8.27. The van der Waals surface area contributed by atoms with Crippen LogP contribution in [0.1, 0.15) is 68.1 Å². The van der Waals surface area contributed by atoms with E-state index < -0.39 is 0 Å². The van der Waals surface area contributed by atoms with Crippen LogP contribution >= 0.6 is 0 Å². The molecule has 0 atom stereocenters. The van der Waals surface area contributed by atoms with E-state index in [1.807, 2.05) is 18.2 Å². The van der Waals surface area contributed by atoms with E-state index in [1.165, 1.54) is 32.1 Å². The molecule has 29 heavy (non-hydrogen) atoms. The van der Waals surface area contributed by atoms with Gasteiger partial charge in [-0.1, -0.05) is 25.7 Å². The zero-order valence-electron chi connectivity index (χ0n) is 17.7. The van der Waals surface area contributed by atoms with Crippen LogP contribution in [0.4, 0.5) is 11.4 Å². The van der Waals surface area contributed by atoms with Crippen LogP contribution in [0.2, 0.25) is 0 Å². The van der Waals surface area contributed by atoms with Gasteiger partial charge in [-0.25, -0.2) is 0 Å². The lowest BCUT2D eigenvalue weighted by molar-refractivity contribution is -0.116. The first-order valence-corrected chi connectivity index (χ1v) is 11.1. The Bertz CT molecular complexity index is 680. The fourth-order valence-corrected chi connectivity index (χ4v) is 4.43. The van der Waals surface area contributed by atoms with Crippen molar-refractivity contribution in [3.05, 3.63) is 23.8 Å². The molecule has 1 saturated heterocycles. The number of nitrogens with one attached hydrogen (secondary N) is 2. The molecule has 160 valence electrons. The molecule has 2 fully saturated rings. The van der Waals surface area contributed by atoms with E-state index >= 15 is 0 Å². The summed E-state index contributed by atoms with van der Waals surface area (Å²) in [7, 11) is 1.62. The van der Waals surface area contributed by atoms with Gasteiger partial charge in [-0.15, -0.1) is 0 Å². The molecule has 3 rings (SSSR count). The molecule has 1 aliphatic heterocycles. The Balaban J connectivity index is 1.67. The Morgan fingerprint density at radius 3 is 2.59 bits per heavy atom. The summed E-state index contributed by atoms with van der Waals surface area (Å²) in [6, 6.07) is 5.71.